The number of amides is 1. The summed E-state index contributed by atoms with van der Waals surface area (Å²) in [4.78, 5) is 14.7. The fourth-order valence-electron chi connectivity index (χ4n) is 3.00. The van der Waals surface area contributed by atoms with Gasteiger partial charge in [0.2, 0.25) is 5.91 Å². The van der Waals surface area contributed by atoms with Gasteiger partial charge in [0, 0.05) is 17.2 Å². The Morgan fingerprint density at radius 1 is 1.15 bits per heavy atom. The number of nitrogens with zero attached hydrogens (tertiary/aromatic N) is 1. The smallest absolute Gasteiger partial charge is 0.242 e. The Hall–Kier alpha value is -1.36. The van der Waals surface area contributed by atoms with Crippen molar-refractivity contribution in [3.05, 3.63) is 65.2 Å². The first kappa shape index (κ1) is 13.6. The molecule has 1 atom stereocenters. The van der Waals surface area contributed by atoms with E-state index in [2.05, 4.69) is 59.8 Å². The van der Waals surface area contributed by atoms with Crippen LogP contribution in [0.4, 0.5) is 5.69 Å². The van der Waals surface area contributed by atoms with Crippen molar-refractivity contribution in [1.29, 1.82) is 0 Å². The van der Waals surface area contributed by atoms with Crippen LogP contribution < -0.4 is 4.90 Å². The van der Waals surface area contributed by atoms with Crippen molar-refractivity contribution < 1.29 is 4.79 Å². The zero-order chi connectivity index (χ0) is 14.3. The summed E-state index contributed by atoms with van der Waals surface area (Å²) in [6.45, 7) is 2.08. The second-order valence-electron chi connectivity index (χ2n) is 5.29. The van der Waals surface area contributed by atoms with E-state index in [1.54, 1.807) is 4.90 Å². The molecule has 0 saturated heterocycles. The van der Waals surface area contributed by atoms with Crippen LogP contribution in [0, 0.1) is 6.92 Å². The van der Waals surface area contributed by atoms with Crippen LogP contribution in [-0.2, 0) is 10.2 Å². The summed E-state index contributed by atoms with van der Waals surface area (Å²) in [5.74, 6) is 0.165. The van der Waals surface area contributed by atoms with Crippen LogP contribution in [-0.4, -0.2) is 17.4 Å². The average Bonchev–Trinajstić information content (AvgIpc) is 2.69. The van der Waals surface area contributed by atoms with E-state index >= 15 is 0 Å². The maximum absolute atomic E-state index is 12.9. The van der Waals surface area contributed by atoms with Crippen LogP contribution in [0.1, 0.15) is 16.7 Å². The Bertz CT molecular complexity index is 668. The number of fused-ring (bicyclic) bond motifs is 1. The molecule has 0 N–H and O–H groups in total. The summed E-state index contributed by atoms with van der Waals surface area (Å²) in [5.41, 5.74) is 3.89. The monoisotopic (exact) mass is 377 g/mol. The number of alkyl halides is 1. The van der Waals surface area contributed by atoms with E-state index < -0.39 is 5.41 Å². The molecule has 2 nitrogen and oxygen atoms in total. The summed E-state index contributed by atoms with van der Waals surface area (Å²) in [7, 11) is 1.87. The van der Waals surface area contributed by atoms with Crippen molar-refractivity contribution in [3.8, 4) is 0 Å². The minimum Gasteiger partial charge on any atom is -0.314 e. The van der Waals surface area contributed by atoms with Gasteiger partial charge < -0.3 is 4.90 Å². The molecule has 0 spiro atoms. The number of likely N-dealkylation sites (N-methyl/N-ethyl adjacent to an activating group) is 1. The SMILES string of the molecule is Cc1ccc2c(c1)C(CI)(c1ccccc1)C(=O)N2C. The van der Waals surface area contributed by atoms with E-state index in [9.17, 15) is 4.79 Å². The maximum Gasteiger partial charge on any atom is 0.242 e. The topological polar surface area (TPSA) is 20.3 Å². The van der Waals surface area contributed by atoms with Gasteiger partial charge in [0.25, 0.3) is 0 Å². The highest BCUT2D eigenvalue weighted by Crippen LogP contribution is 2.46. The predicted octanol–water partition coefficient (Wildman–Crippen LogP) is 3.69. The number of hydrogen-bond donors (Lipinski definition) is 0. The number of hydrogen-bond acceptors (Lipinski definition) is 1. The first-order valence-electron chi connectivity index (χ1n) is 6.62. The lowest BCUT2D eigenvalue weighted by molar-refractivity contribution is -0.120. The van der Waals surface area contributed by atoms with Crippen LogP contribution in [0.5, 0.6) is 0 Å². The second kappa shape index (κ2) is 4.88. The Kier molecular flexibility index (Phi) is 3.32. The molecule has 0 saturated carbocycles. The van der Waals surface area contributed by atoms with Gasteiger partial charge in [-0.1, -0.05) is 70.6 Å². The van der Waals surface area contributed by atoms with Crippen LogP contribution in [0.2, 0.25) is 0 Å². The Morgan fingerprint density at radius 2 is 1.85 bits per heavy atom. The molecular formula is C17H16INO. The predicted molar refractivity (Wildman–Crippen MR) is 90.7 cm³/mol. The van der Waals surface area contributed by atoms with E-state index in [0.29, 0.717) is 0 Å². The highest BCUT2D eigenvalue weighted by atomic mass is 127. The zero-order valence-electron chi connectivity index (χ0n) is 11.6. The van der Waals surface area contributed by atoms with E-state index in [-0.39, 0.29) is 5.91 Å². The van der Waals surface area contributed by atoms with Crippen molar-refractivity contribution in [2.75, 3.05) is 16.4 Å². The molecule has 1 aliphatic rings. The highest BCUT2D eigenvalue weighted by Gasteiger charge is 2.50. The number of benzene rings is 2. The average molecular weight is 377 g/mol. The number of carbonyl (C=O) groups excluding carboxylic acids is 1. The van der Waals surface area contributed by atoms with Gasteiger partial charge in [-0.15, -0.1) is 0 Å². The van der Waals surface area contributed by atoms with Crippen molar-refractivity contribution in [3.63, 3.8) is 0 Å². The molecule has 0 aromatic heterocycles. The molecule has 1 heterocycles. The molecule has 1 unspecified atom stereocenters. The van der Waals surface area contributed by atoms with Gasteiger partial charge in [-0.2, -0.15) is 0 Å². The third-order valence-electron chi connectivity index (χ3n) is 4.11. The maximum atomic E-state index is 12.9. The van der Waals surface area contributed by atoms with E-state index in [1.165, 1.54) is 5.56 Å². The van der Waals surface area contributed by atoms with Gasteiger partial charge in [-0.3, -0.25) is 4.79 Å². The van der Waals surface area contributed by atoms with Gasteiger partial charge in [0.1, 0.15) is 5.41 Å². The standard InChI is InChI=1S/C17H16INO/c1-12-8-9-15-14(10-12)17(11-18,16(20)19(15)2)13-6-4-3-5-7-13/h3-10H,11H2,1-2H3. The quantitative estimate of drug-likeness (QED) is 0.578. The molecule has 102 valence electrons. The number of aryl methyl sites for hydroxylation is 1. The first-order chi connectivity index (χ1) is 9.61. The minimum atomic E-state index is -0.544. The molecule has 0 aliphatic carbocycles. The van der Waals surface area contributed by atoms with Crippen LogP contribution >= 0.6 is 22.6 Å². The van der Waals surface area contributed by atoms with Crippen LogP contribution in [0.25, 0.3) is 0 Å². The van der Waals surface area contributed by atoms with Gasteiger partial charge in [-0.05, 0) is 24.1 Å². The van der Waals surface area contributed by atoms with Gasteiger partial charge in [-0.25, -0.2) is 0 Å². The molecule has 2 aromatic rings. The number of rotatable bonds is 2. The molecule has 2 aromatic carbocycles. The first-order valence-corrected chi connectivity index (χ1v) is 8.14. The van der Waals surface area contributed by atoms with E-state index in [0.717, 1.165) is 21.2 Å². The molecule has 20 heavy (non-hydrogen) atoms. The van der Waals surface area contributed by atoms with E-state index in [1.807, 2.05) is 25.2 Å². The summed E-state index contributed by atoms with van der Waals surface area (Å²) < 4.78 is 0.744. The molecule has 0 bridgehead atoms. The molecule has 3 rings (SSSR count). The van der Waals surface area contributed by atoms with Crippen LogP contribution in [0.3, 0.4) is 0 Å². The summed E-state index contributed by atoms with van der Waals surface area (Å²) in [5, 5.41) is 0. The Labute approximate surface area is 132 Å². The second-order valence-corrected chi connectivity index (χ2v) is 6.05. The largest absolute Gasteiger partial charge is 0.314 e. The molecular weight excluding hydrogens is 361 g/mol. The van der Waals surface area contributed by atoms with E-state index in [4.69, 9.17) is 0 Å². The van der Waals surface area contributed by atoms with Gasteiger partial charge in [0.05, 0.1) is 0 Å². The van der Waals surface area contributed by atoms with Crippen LogP contribution in [0.15, 0.2) is 48.5 Å². The number of anilines is 1. The molecule has 1 amide bonds. The normalized spacial score (nSPS) is 21.1. The molecule has 0 fully saturated rings. The lowest BCUT2D eigenvalue weighted by atomic mass is 9.77. The number of carbonyl (C=O) groups is 1. The fraction of sp³-hybridized carbons (Fsp3) is 0.235. The molecule has 0 radical (unpaired) electrons. The summed E-state index contributed by atoms with van der Waals surface area (Å²) in [6.07, 6.45) is 0. The summed E-state index contributed by atoms with van der Waals surface area (Å²) in [6, 6.07) is 16.4. The Morgan fingerprint density at radius 3 is 2.50 bits per heavy atom. The summed E-state index contributed by atoms with van der Waals surface area (Å²) >= 11 is 2.33. The molecule has 3 heteroatoms. The van der Waals surface area contributed by atoms with Crippen molar-refractivity contribution in [2.45, 2.75) is 12.3 Å². The molecule has 1 aliphatic heterocycles. The lowest BCUT2D eigenvalue weighted by Gasteiger charge is -2.26. The third-order valence-corrected chi connectivity index (χ3v) is 5.25. The minimum absolute atomic E-state index is 0.165. The highest BCUT2D eigenvalue weighted by molar-refractivity contribution is 14.1. The Balaban J connectivity index is 2.32. The fourth-order valence-corrected chi connectivity index (χ4v) is 4.18. The third kappa shape index (κ3) is 1.72. The van der Waals surface area contributed by atoms with Crippen molar-refractivity contribution in [2.24, 2.45) is 0 Å². The van der Waals surface area contributed by atoms with Crippen molar-refractivity contribution >= 4 is 34.2 Å². The lowest BCUT2D eigenvalue weighted by Crippen LogP contribution is -2.41. The zero-order valence-corrected chi connectivity index (χ0v) is 13.7. The van der Waals surface area contributed by atoms with Crippen molar-refractivity contribution in [1.82, 2.24) is 0 Å². The van der Waals surface area contributed by atoms with Gasteiger partial charge in [0.15, 0.2) is 0 Å². The number of halogens is 1. The van der Waals surface area contributed by atoms with Gasteiger partial charge >= 0.3 is 0 Å².